The molecule has 0 N–H and O–H groups in total. The molecular formula is C16H22N2. The summed E-state index contributed by atoms with van der Waals surface area (Å²) in [4.78, 5) is 2.13. The van der Waals surface area contributed by atoms with Gasteiger partial charge >= 0.3 is 0 Å². The molecular weight excluding hydrogens is 220 g/mol. The molecule has 0 aliphatic carbocycles. The molecule has 1 aromatic heterocycles. The summed E-state index contributed by atoms with van der Waals surface area (Å²) in [6, 6.07) is 13.2. The van der Waals surface area contributed by atoms with E-state index in [4.69, 9.17) is 0 Å². The summed E-state index contributed by atoms with van der Waals surface area (Å²) in [5.41, 5.74) is 5.19. The van der Waals surface area contributed by atoms with Crippen molar-refractivity contribution in [2.45, 2.75) is 26.8 Å². The fourth-order valence-corrected chi connectivity index (χ4v) is 2.27. The van der Waals surface area contributed by atoms with Crippen molar-refractivity contribution in [1.82, 2.24) is 4.57 Å². The van der Waals surface area contributed by atoms with Crippen LogP contribution in [0.3, 0.4) is 0 Å². The van der Waals surface area contributed by atoms with Crippen molar-refractivity contribution in [3.8, 4) is 11.3 Å². The summed E-state index contributed by atoms with van der Waals surface area (Å²) in [7, 11) is 4.14. The first-order chi connectivity index (χ1) is 8.63. The zero-order chi connectivity index (χ0) is 13.1. The Labute approximate surface area is 110 Å². The van der Waals surface area contributed by atoms with Crippen LogP contribution in [0.25, 0.3) is 11.3 Å². The normalized spacial score (nSPS) is 10.7. The molecule has 0 saturated carbocycles. The second kappa shape index (κ2) is 5.30. The number of benzene rings is 1. The second-order valence-electron chi connectivity index (χ2n) is 4.95. The Morgan fingerprint density at radius 1 is 1.00 bits per heavy atom. The van der Waals surface area contributed by atoms with Crippen LogP contribution in [0.15, 0.2) is 36.4 Å². The number of hydrogen-bond acceptors (Lipinski definition) is 1. The van der Waals surface area contributed by atoms with Gasteiger partial charge in [-0.05, 0) is 43.2 Å². The van der Waals surface area contributed by atoms with Crippen LogP contribution in [-0.2, 0) is 6.54 Å². The van der Waals surface area contributed by atoms with E-state index in [1.807, 2.05) is 0 Å². The van der Waals surface area contributed by atoms with Crippen molar-refractivity contribution < 1.29 is 0 Å². The van der Waals surface area contributed by atoms with Gasteiger partial charge in [-0.15, -0.1) is 0 Å². The van der Waals surface area contributed by atoms with Crippen molar-refractivity contribution >= 4 is 5.69 Å². The molecule has 0 amide bonds. The molecule has 0 fully saturated rings. The van der Waals surface area contributed by atoms with E-state index in [1.54, 1.807) is 0 Å². The molecule has 2 aromatic rings. The number of aryl methyl sites for hydroxylation is 1. The average Bonchev–Trinajstić information content (AvgIpc) is 2.72. The molecule has 18 heavy (non-hydrogen) atoms. The molecule has 2 heteroatoms. The van der Waals surface area contributed by atoms with Crippen LogP contribution in [0, 0.1) is 6.92 Å². The predicted octanol–water partition coefficient (Wildman–Crippen LogP) is 3.94. The highest BCUT2D eigenvalue weighted by Gasteiger charge is 2.06. The van der Waals surface area contributed by atoms with Gasteiger partial charge in [-0.1, -0.05) is 19.1 Å². The largest absolute Gasteiger partial charge is 0.378 e. The molecule has 2 rings (SSSR count). The maximum atomic E-state index is 2.39. The summed E-state index contributed by atoms with van der Waals surface area (Å²) in [6.07, 6.45) is 1.16. The van der Waals surface area contributed by atoms with Crippen LogP contribution in [0.4, 0.5) is 5.69 Å². The molecule has 0 saturated heterocycles. The quantitative estimate of drug-likeness (QED) is 0.788. The molecule has 0 bridgehead atoms. The summed E-state index contributed by atoms with van der Waals surface area (Å²) < 4.78 is 2.39. The summed E-state index contributed by atoms with van der Waals surface area (Å²) in [6.45, 7) is 5.48. The van der Waals surface area contributed by atoms with Crippen LogP contribution < -0.4 is 4.90 Å². The molecule has 2 nitrogen and oxygen atoms in total. The van der Waals surface area contributed by atoms with Crippen LogP contribution in [0.2, 0.25) is 0 Å². The molecule has 1 heterocycles. The van der Waals surface area contributed by atoms with Gasteiger partial charge < -0.3 is 9.47 Å². The van der Waals surface area contributed by atoms with E-state index in [9.17, 15) is 0 Å². The number of nitrogens with zero attached hydrogens (tertiary/aromatic N) is 2. The number of anilines is 1. The average molecular weight is 242 g/mol. The van der Waals surface area contributed by atoms with Crippen LogP contribution >= 0.6 is 0 Å². The summed E-state index contributed by atoms with van der Waals surface area (Å²) in [5, 5.41) is 0. The highest BCUT2D eigenvalue weighted by Crippen LogP contribution is 2.25. The van der Waals surface area contributed by atoms with Gasteiger partial charge in [0.2, 0.25) is 0 Å². The smallest absolute Gasteiger partial charge is 0.0482 e. The molecule has 0 unspecified atom stereocenters. The van der Waals surface area contributed by atoms with Gasteiger partial charge in [0, 0.05) is 37.7 Å². The molecule has 96 valence electrons. The Kier molecular flexibility index (Phi) is 3.75. The summed E-state index contributed by atoms with van der Waals surface area (Å²) >= 11 is 0. The van der Waals surface area contributed by atoms with Gasteiger partial charge in [0.25, 0.3) is 0 Å². The van der Waals surface area contributed by atoms with E-state index in [0.717, 1.165) is 13.0 Å². The monoisotopic (exact) mass is 242 g/mol. The molecule has 0 aliphatic heterocycles. The lowest BCUT2D eigenvalue weighted by atomic mass is 10.1. The fraction of sp³-hybridized carbons (Fsp3) is 0.375. The van der Waals surface area contributed by atoms with Gasteiger partial charge in [-0.3, -0.25) is 0 Å². The van der Waals surface area contributed by atoms with Crippen molar-refractivity contribution in [3.05, 3.63) is 42.1 Å². The van der Waals surface area contributed by atoms with E-state index in [0.29, 0.717) is 0 Å². The minimum absolute atomic E-state index is 1.09. The third-order valence-electron chi connectivity index (χ3n) is 3.33. The minimum Gasteiger partial charge on any atom is -0.378 e. The topological polar surface area (TPSA) is 8.17 Å². The highest BCUT2D eigenvalue weighted by atomic mass is 15.1. The number of hydrogen-bond donors (Lipinski definition) is 0. The minimum atomic E-state index is 1.09. The maximum absolute atomic E-state index is 2.39. The lowest BCUT2D eigenvalue weighted by Gasteiger charge is -2.14. The molecule has 0 aliphatic rings. The Bertz CT molecular complexity index is 506. The molecule has 0 spiro atoms. The molecule has 1 aromatic carbocycles. The highest BCUT2D eigenvalue weighted by molar-refractivity contribution is 5.64. The van der Waals surface area contributed by atoms with E-state index in [1.165, 1.54) is 22.6 Å². The zero-order valence-electron chi connectivity index (χ0n) is 11.8. The molecule has 0 radical (unpaired) electrons. The van der Waals surface area contributed by atoms with E-state index in [2.05, 4.69) is 73.8 Å². The van der Waals surface area contributed by atoms with Crippen molar-refractivity contribution in [1.29, 1.82) is 0 Å². The first-order valence-electron chi connectivity index (χ1n) is 6.57. The standard InChI is InChI=1S/C16H22N2/c1-5-12-18-13(2)6-11-16(18)14-7-9-15(10-8-14)17(3)4/h6-11H,5,12H2,1-4H3. The molecule has 0 atom stereocenters. The van der Waals surface area contributed by atoms with E-state index < -0.39 is 0 Å². The van der Waals surface area contributed by atoms with E-state index >= 15 is 0 Å². The van der Waals surface area contributed by atoms with Crippen molar-refractivity contribution in [3.63, 3.8) is 0 Å². The van der Waals surface area contributed by atoms with Crippen LogP contribution in [-0.4, -0.2) is 18.7 Å². The van der Waals surface area contributed by atoms with Gasteiger partial charge in [-0.25, -0.2) is 0 Å². The van der Waals surface area contributed by atoms with Gasteiger partial charge in [0.05, 0.1) is 0 Å². The number of aromatic nitrogens is 1. The Morgan fingerprint density at radius 2 is 1.67 bits per heavy atom. The van der Waals surface area contributed by atoms with Gasteiger partial charge in [0.1, 0.15) is 0 Å². The Balaban J connectivity index is 2.36. The van der Waals surface area contributed by atoms with Crippen molar-refractivity contribution in [2.24, 2.45) is 0 Å². The van der Waals surface area contributed by atoms with Crippen LogP contribution in [0.1, 0.15) is 19.0 Å². The number of rotatable bonds is 4. The fourth-order valence-electron chi connectivity index (χ4n) is 2.27. The second-order valence-corrected chi connectivity index (χ2v) is 4.95. The third kappa shape index (κ3) is 2.42. The van der Waals surface area contributed by atoms with Gasteiger partial charge in [0.15, 0.2) is 0 Å². The predicted molar refractivity (Wildman–Crippen MR) is 79.2 cm³/mol. The first-order valence-corrected chi connectivity index (χ1v) is 6.57. The zero-order valence-corrected chi connectivity index (χ0v) is 11.8. The summed E-state index contributed by atoms with van der Waals surface area (Å²) in [5.74, 6) is 0. The van der Waals surface area contributed by atoms with Crippen LogP contribution in [0.5, 0.6) is 0 Å². The lowest BCUT2D eigenvalue weighted by molar-refractivity contribution is 0.672. The maximum Gasteiger partial charge on any atom is 0.0482 e. The SMILES string of the molecule is CCCn1c(C)ccc1-c1ccc(N(C)C)cc1. The Morgan fingerprint density at radius 3 is 2.22 bits per heavy atom. The first kappa shape index (κ1) is 12.7. The van der Waals surface area contributed by atoms with E-state index in [-0.39, 0.29) is 0 Å². The lowest BCUT2D eigenvalue weighted by Crippen LogP contribution is -2.08. The third-order valence-corrected chi connectivity index (χ3v) is 3.33. The van der Waals surface area contributed by atoms with Crippen molar-refractivity contribution in [2.75, 3.05) is 19.0 Å². The van der Waals surface area contributed by atoms with Gasteiger partial charge in [-0.2, -0.15) is 0 Å². The Hall–Kier alpha value is -1.70.